The second kappa shape index (κ2) is 7.51. The topological polar surface area (TPSA) is 118 Å². The molecule has 0 radical (unpaired) electrons. The van der Waals surface area contributed by atoms with Crippen molar-refractivity contribution in [2.24, 2.45) is 17.3 Å². The molecular weight excluding hydrogens is 420 g/mol. The number of hydrogen-bond donors (Lipinski definition) is 1. The van der Waals surface area contributed by atoms with Crippen molar-refractivity contribution in [2.75, 3.05) is 6.54 Å². The van der Waals surface area contributed by atoms with Crippen molar-refractivity contribution < 1.29 is 9.21 Å². The summed E-state index contributed by atoms with van der Waals surface area (Å²) in [5.41, 5.74) is 6.27. The van der Waals surface area contributed by atoms with E-state index >= 15 is 0 Å². The van der Waals surface area contributed by atoms with Crippen molar-refractivity contribution in [3.63, 3.8) is 0 Å². The van der Waals surface area contributed by atoms with Gasteiger partial charge in [-0.1, -0.05) is 6.07 Å². The summed E-state index contributed by atoms with van der Waals surface area (Å²) < 4.78 is 7.85. The summed E-state index contributed by atoms with van der Waals surface area (Å²) in [7, 11) is 1.86. The Kier molecular flexibility index (Phi) is 4.46. The Morgan fingerprint density at radius 1 is 1.18 bits per heavy atom. The molecule has 2 aliphatic heterocycles. The third-order valence-corrected chi connectivity index (χ3v) is 6.13. The molecule has 0 aliphatic carbocycles. The van der Waals surface area contributed by atoms with E-state index in [0.29, 0.717) is 43.0 Å². The van der Waals surface area contributed by atoms with Crippen LogP contribution in [0.2, 0.25) is 0 Å². The monoisotopic (exact) mass is 442 g/mol. The van der Waals surface area contributed by atoms with Crippen LogP contribution in [0, 0.1) is 6.92 Å². The number of imidazole rings is 1. The fourth-order valence-electron chi connectivity index (χ4n) is 4.43. The Bertz CT molecular complexity index is 1440. The molecule has 166 valence electrons. The number of aryl methyl sites for hydroxylation is 2. The van der Waals surface area contributed by atoms with Crippen LogP contribution in [0.1, 0.15) is 47.4 Å². The molecule has 5 heterocycles. The van der Waals surface area contributed by atoms with Gasteiger partial charge >= 0.3 is 0 Å². The van der Waals surface area contributed by atoms with Crippen LogP contribution in [-0.2, 0) is 18.3 Å². The lowest BCUT2D eigenvalue weighted by atomic mass is 10.00. The molecule has 1 atom stereocenters. The Morgan fingerprint density at radius 3 is 2.88 bits per heavy atom. The van der Waals surface area contributed by atoms with E-state index in [0.717, 1.165) is 33.9 Å². The summed E-state index contributed by atoms with van der Waals surface area (Å²) in [5, 5.41) is 13.0. The Morgan fingerprint density at radius 2 is 2.09 bits per heavy atom. The highest BCUT2D eigenvalue weighted by Crippen LogP contribution is 2.35. The smallest absolute Gasteiger partial charge is 0.271 e. The second-order valence-corrected chi connectivity index (χ2v) is 8.41. The summed E-state index contributed by atoms with van der Waals surface area (Å²) in [6.45, 7) is 2.51. The predicted molar refractivity (Wildman–Crippen MR) is 121 cm³/mol. The standard InChI is InChI=1S/C23H22N8O2/c1-13-3-4-16-19(11-13)33-22(26-16)21-20-17(24-12-25-20)8-10-31(21)23(32)18-6-5-14(27-28-18)15-7-9-30(2)29-15/h3-4,7,9,11-12,21H,5-6,8,10H2,1-2H3,(H,24,25)/t21-/m0/s1. The molecule has 4 aromatic rings. The Hall–Kier alpha value is -4.08. The molecule has 0 unspecified atom stereocenters. The van der Waals surface area contributed by atoms with Gasteiger partial charge in [-0.05, 0) is 37.1 Å². The number of H-pyrrole nitrogens is 1. The van der Waals surface area contributed by atoms with E-state index < -0.39 is 6.04 Å². The molecule has 6 rings (SSSR count). The molecule has 0 saturated carbocycles. The van der Waals surface area contributed by atoms with Gasteiger partial charge in [0.1, 0.15) is 16.9 Å². The molecule has 33 heavy (non-hydrogen) atoms. The average molecular weight is 442 g/mol. The normalized spacial score (nSPS) is 18.2. The quantitative estimate of drug-likeness (QED) is 0.523. The van der Waals surface area contributed by atoms with Crippen molar-refractivity contribution in [1.29, 1.82) is 0 Å². The molecule has 1 aromatic carbocycles. The molecule has 3 aromatic heterocycles. The van der Waals surface area contributed by atoms with E-state index in [-0.39, 0.29) is 5.91 Å². The van der Waals surface area contributed by atoms with Gasteiger partial charge in [-0.2, -0.15) is 10.2 Å². The number of hydrogen-bond acceptors (Lipinski definition) is 7. The van der Waals surface area contributed by atoms with Crippen LogP contribution >= 0.6 is 0 Å². The minimum Gasteiger partial charge on any atom is -0.438 e. The van der Waals surface area contributed by atoms with Gasteiger partial charge in [0.2, 0.25) is 5.89 Å². The van der Waals surface area contributed by atoms with Crippen LogP contribution in [0.25, 0.3) is 11.1 Å². The second-order valence-electron chi connectivity index (χ2n) is 8.41. The van der Waals surface area contributed by atoms with Gasteiger partial charge < -0.3 is 14.3 Å². The number of carbonyl (C=O) groups excluding carboxylic acids is 1. The molecule has 0 saturated heterocycles. The summed E-state index contributed by atoms with van der Waals surface area (Å²) in [5.74, 6) is 0.280. The lowest BCUT2D eigenvalue weighted by Crippen LogP contribution is -2.44. The maximum absolute atomic E-state index is 13.6. The van der Waals surface area contributed by atoms with E-state index in [2.05, 4.69) is 25.3 Å². The van der Waals surface area contributed by atoms with E-state index in [9.17, 15) is 4.79 Å². The van der Waals surface area contributed by atoms with E-state index in [1.54, 1.807) is 15.9 Å². The van der Waals surface area contributed by atoms with E-state index in [4.69, 9.17) is 9.40 Å². The van der Waals surface area contributed by atoms with Crippen molar-refractivity contribution in [1.82, 2.24) is 29.6 Å². The van der Waals surface area contributed by atoms with Crippen molar-refractivity contribution in [3.8, 4) is 0 Å². The lowest BCUT2D eigenvalue weighted by Gasteiger charge is -2.33. The zero-order chi connectivity index (χ0) is 22.5. The summed E-state index contributed by atoms with van der Waals surface area (Å²) >= 11 is 0. The van der Waals surface area contributed by atoms with Gasteiger partial charge in [0, 0.05) is 38.3 Å². The van der Waals surface area contributed by atoms with E-state index in [1.165, 1.54) is 0 Å². The van der Waals surface area contributed by atoms with Gasteiger partial charge in [0.15, 0.2) is 11.6 Å². The number of aromatic amines is 1. The Labute approximate surface area is 189 Å². The molecule has 10 nitrogen and oxygen atoms in total. The van der Waals surface area contributed by atoms with Gasteiger partial charge in [0.05, 0.1) is 17.7 Å². The fraction of sp³-hybridized carbons (Fsp3) is 0.304. The molecule has 10 heteroatoms. The number of fused-ring (bicyclic) bond motifs is 2. The van der Waals surface area contributed by atoms with Gasteiger partial charge in [-0.25, -0.2) is 9.97 Å². The number of oxazole rings is 1. The summed E-state index contributed by atoms with van der Waals surface area (Å²) in [6, 6.07) is 7.24. The maximum Gasteiger partial charge on any atom is 0.271 e. The number of rotatable bonds is 3. The molecule has 0 bridgehead atoms. The number of carbonyl (C=O) groups is 1. The fourth-order valence-corrected chi connectivity index (χ4v) is 4.43. The van der Waals surface area contributed by atoms with Crippen LogP contribution in [0.3, 0.4) is 0 Å². The third kappa shape index (κ3) is 3.34. The largest absolute Gasteiger partial charge is 0.438 e. The molecule has 1 amide bonds. The van der Waals surface area contributed by atoms with Crippen LogP contribution in [0.4, 0.5) is 0 Å². The van der Waals surface area contributed by atoms with Gasteiger partial charge in [-0.3, -0.25) is 9.48 Å². The number of benzene rings is 1. The number of aromatic nitrogens is 5. The van der Waals surface area contributed by atoms with Crippen LogP contribution in [0.15, 0.2) is 51.4 Å². The first kappa shape index (κ1) is 19.6. The first-order valence-electron chi connectivity index (χ1n) is 10.9. The van der Waals surface area contributed by atoms with Crippen molar-refractivity contribution >= 4 is 28.4 Å². The predicted octanol–water partition coefficient (Wildman–Crippen LogP) is 2.71. The van der Waals surface area contributed by atoms with Crippen molar-refractivity contribution in [2.45, 2.75) is 32.2 Å². The molecule has 2 aliphatic rings. The third-order valence-electron chi connectivity index (χ3n) is 6.13. The zero-order valence-electron chi connectivity index (χ0n) is 18.3. The first-order valence-corrected chi connectivity index (χ1v) is 10.9. The highest BCUT2D eigenvalue weighted by atomic mass is 16.4. The maximum atomic E-state index is 13.6. The highest BCUT2D eigenvalue weighted by Gasteiger charge is 2.39. The summed E-state index contributed by atoms with van der Waals surface area (Å²) in [4.78, 5) is 27.7. The minimum absolute atomic E-state index is 0.170. The molecule has 0 fully saturated rings. The summed E-state index contributed by atoms with van der Waals surface area (Å²) in [6.07, 6.45) is 5.30. The van der Waals surface area contributed by atoms with Gasteiger partial charge in [-0.15, -0.1) is 5.10 Å². The first-order chi connectivity index (χ1) is 16.1. The molecule has 1 N–H and O–H groups in total. The molecular formula is C23H22N8O2. The Balaban J connectivity index is 1.36. The average Bonchev–Trinajstić information content (AvgIpc) is 3.57. The SMILES string of the molecule is Cc1ccc2nc([C@@H]3c4nc[nH]c4CCN3C(=O)C3=NN=C(c4ccn(C)n4)CC3)oc2c1. The highest BCUT2D eigenvalue weighted by molar-refractivity contribution is 6.39. The van der Waals surface area contributed by atoms with Gasteiger partial charge in [0.25, 0.3) is 5.91 Å². The van der Waals surface area contributed by atoms with Crippen LogP contribution < -0.4 is 0 Å². The van der Waals surface area contributed by atoms with Crippen LogP contribution in [0.5, 0.6) is 0 Å². The molecule has 0 spiro atoms. The number of nitrogens with one attached hydrogen (secondary N) is 1. The number of amides is 1. The number of nitrogens with zero attached hydrogens (tertiary/aromatic N) is 7. The van der Waals surface area contributed by atoms with E-state index in [1.807, 2.05) is 44.4 Å². The van der Waals surface area contributed by atoms with Crippen LogP contribution in [-0.4, -0.2) is 53.5 Å². The zero-order valence-corrected chi connectivity index (χ0v) is 18.3. The minimum atomic E-state index is -0.524. The van der Waals surface area contributed by atoms with Crippen molar-refractivity contribution in [3.05, 3.63) is 65.3 Å². The lowest BCUT2D eigenvalue weighted by molar-refractivity contribution is -0.126.